The smallest absolute Gasteiger partial charge is 0.238 e. The van der Waals surface area contributed by atoms with Crippen molar-refractivity contribution < 1.29 is 9.59 Å². The maximum atomic E-state index is 11.8. The summed E-state index contributed by atoms with van der Waals surface area (Å²) in [5.41, 5.74) is 0. The molecule has 3 N–H and O–H groups in total. The summed E-state index contributed by atoms with van der Waals surface area (Å²) >= 11 is 0. The van der Waals surface area contributed by atoms with Gasteiger partial charge in [-0.3, -0.25) is 14.5 Å². The molecular weight excluding hydrogens is 244 g/mol. The van der Waals surface area contributed by atoms with Gasteiger partial charge in [-0.15, -0.1) is 0 Å². The lowest BCUT2D eigenvalue weighted by atomic mass is 10.1. The Bertz CT molecular complexity index is 307. The van der Waals surface area contributed by atoms with Crippen LogP contribution in [-0.4, -0.2) is 62.5 Å². The number of hydrogen-bond acceptors (Lipinski definition) is 4. The van der Waals surface area contributed by atoms with Gasteiger partial charge in [-0.05, 0) is 12.3 Å². The van der Waals surface area contributed by atoms with Crippen molar-refractivity contribution in [1.82, 2.24) is 20.9 Å². The van der Waals surface area contributed by atoms with Gasteiger partial charge in [-0.2, -0.15) is 0 Å². The number of amides is 2. The standard InChI is InChI=1S/C13H26N4O2/c1-10(2)4-5-16-12(18)9-17-7-6-15-8-11(17)13(19)14-3/h10-11,15H,4-9H2,1-3H3,(H,14,19)(H,16,18). The lowest BCUT2D eigenvalue weighted by molar-refractivity contribution is -0.129. The summed E-state index contributed by atoms with van der Waals surface area (Å²) in [6.45, 7) is 7.38. The van der Waals surface area contributed by atoms with Gasteiger partial charge in [-0.25, -0.2) is 0 Å². The first-order chi connectivity index (χ1) is 9.04. The fourth-order valence-corrected chi connectivity index (χ4v) is 2.10. The summed E-state index contributed by atoms with van der Waals surface area (Å²) in [7, 11) is 1.62. The Hall–Kier alpha value is -1.14. The zero-order valence-electron chi connectivity index (χ0n) is 12.2. The molecule has 0 aromatic rings. The van der Waals surface area contributed by atoms with E-state index in [9.17, 15) is 9.59 Å². The lowest BCUT2D eigenvalue weighted by Gasteiger charge is -2.34. The minimum absolute atomic E-state index is 0.00328. The minimum Gasteiger partial charge on any atom is -0.358 e. The highest BCUT2D eigenvalue weighted by Gasteiger charge is 2.28. The summed E-state index contributed by atoms with van der Waals surface area (Å²) in [5, 5.41) is 8.73. The van der Waals surface area contributed by atoms with Crippen molar-refractivity contribution in [2.24, 2.45) is 5.92 Å². The predicted molar refractivity (Wildman–Crippen MR) is 74.8 cm³/mol. The number of piperazine rings is 1. The quantitative estimate of drug-likeness (QED) is 0.589. The van der Waals surface area contributed by atoms with E-state index in [1.807, 2.05) is 4.90 Å². The van der Waals surface area contributed by atoms with Gasteiger partial charge in [0.1, 0.15) is 6.04 Å². The summed E-state index contributed by atoms with van der Waals surface area (Å²) in [6.07, 6.45) is 0.978. The molecule has 6 heteroatoms. The maximum absolute atomic E-state index is 11.8. The van der Waals surface area contributed by atoms with Gasteiger partial charge >= 0.3 is 0 Å². The molecule has 0 bridgehead atoms. The van der Waals surface area contributed by atoms with Gasteiger partial charge in [0, 0.05) is 33.2 Å². The third-order valence-electron chi connectivity index (χ3n) is 3.29. The van der Waals surface area contributed by atoms with Gasteiger partial charge in [0.05, 0.1) is 6.54 Å². The van der Waals surface area contributed by atoms with Gasteiger partial charge in [-0.1, -0.05) is 13.8 Å². The van der Waals surface area contributed by atoms with Crippen molar-refractivity contribution in [2.75, 3.05) is 39.8 Å². The van der Waals surface area contributed by atoms with Crippen LogP contribution in [0.4, 0.5) is 0 Å². The van der Waals surface area contributed by atoms with E-state index in [0.29, 0.717) is 19.0 Å². The first-order valence-corrected chi connectivity index (χ1v) is 6.97. The molecule has 0 aromatic carbocycles. The molecule has 0 saturated carbocycles. The fraction of sp³-hybridized carbons (Fsp3) is 0.846. The van der Waals surface area contributed by atoms with Crippen LogP contribution in [0, 0.1) is 5.92 Å². The Morgan fingerprint density at radius 2 is 2.16 bits per heavy atom. The molecule has 6 nitrogen and oxygen atoms in total. The Labute approximate surface area is 115 Å². The molecule has 0 aliphatic carbocycles. The Kier molecular flexibility index (Phi) is 6.80. The third kappa shape index (κ3) is 5.57. The largest absolute Gasteiger partial charge is 0.358 e. The zero-order valence-corrected chi connectivity index (χ0v) is 12.2. The molecule has 2 amide bonds. The molecule has 1 rings (SSSR count). The van der Waals surface area contributed by atoms with E-state index in [-0.39, 0.29) is 24.4 Å². The third-order valence-corrected chi connectivity index (χ3v) is 3.29. The van der Waals surface area contributed by atoms with Crippen molar-refractivity contribution >= 4 is 11.8 Å². The van der Waals surface area contributed by atoms with E-state index >= 15 is 0 Å². The van der Waals surface area contributed by atoms with E-state index in [2.05, 4.69) is 29.8 Å². The van der Waals surface area contributed by atoms with Crippen LogP contribution in [0.3, 0.4) is 0 Å². The lowest BCUT2D eigenvalue weighted by Crippen LogP contribution is -2.59. The Morgan fingerprint density at radius 1 is 1.42 bits per heavy atom. The number of carbonyl (C=O) groups excluding carboxylic acids is 2. The second kappa shape index (κ2) is 8.12. The topological polar surface area (TPSA) is 73.5 Å². The average molecular weight is 270 g/mol. The van der Waals surface area contributed by atoms with E-state index in [1.54, 1.807) is 7.05 Å². The molecule has 1 saturated heterocycles. The number of rotatable bonds is 6. The molecule has 1 fully saturated rings. The molecule has 1 aliphatic heterocycles. The fourth-order valence-electron chi connectivity index (χ4n) is 2.10. The first kappa shape index (κ1) is 15.9. The molecular formula is C13H26N4O2. The molecule has 0 aromatic heterocycles. The predicted octanol–water partition coefficient (Wildman–Crippen LogP) is -0.831. The monoisotopic (exact) mass is 270 g/mol. The SMILES string of the molecule is CNC(=O)C1CNCCN1CC(=O)NCCC(C)C. The second-order valence-electron chi connectivity index (χ2n) is 5.34. The van der Waals surface area contributed by atoms with Crippen molar-refractivity contribution in [2.45, 2.75) is 26.3 Å². The second-order valence-corrected chi connectivity index (χ2v) is 5.34. The molecule has 1 unspecified atom stereocenters. The van der Waals surface area contributed by atoms with E-state index in [0.717, 1.165) is 19.5 Å². The van der Waals surface area contributed by atoms with Crippen LogP contribution in [0.2, 0.25) is 0 Å². The van der Waals surface area contributed by atoms with Crippen LogP contribution in [-0.2, 0) is 9.59 Å². The summed E-state index contributed by atoms with van der Waals surface area (Å²) < 4.78 is 0. The molecule has 1 heterocycles. The van der Waals surface area contributed by atoms with E-state index < -0.39 is 0 Å². The maximum Gasteiger partial charge on any atom is 0.238 e. The normalized spacial score (nSPS) is 20.3. The van der Waals surface area contributed by atoms with Crippen LogP contribution < -0.4 is 16.0 Å². The van der Waals surface area contributed by atoms with Crippen LogP contribution >= 0.6 is 0 Å². The highest BCUT2D eigenvalue weighted by Crippen LogP contribution is 2.03. The molecule has 19 heavy (non-hydrogen) atoms. The number of hydrogen-bond donors (Lipinski definition) is 3. The molecule has 1 atom stereocenters. The minimum atomic E-state index is -0.255. The van der Waals surface area contributed by atoms with Crippen molar-refractivity contribution in [3.8, 4) is 0 Å². The highest BCUT2D eigenvalue weighted by atomic mass is 16.2. The van der Waals surface area contributed by atoms with Crippen molar-refractivity contribution in [1.29, 1.82) is 0 Å². The summed E-state index contributed by atoms with van der Waals surface area (Å²) in [6, 6.07) is -0.255. The van der Waals surface area contributed by atoms with Crippen LogP contribution in [0.15, 0.2) is 0 Å². The molecule has 1 aliphatic rings. The van der Waals surface area contributed by atoms with Crippen LogP contribution in [0.5, 0.6) is 0 Å². The van der Waals surface area contributed by atoms with E-state index in [4.69, 9.17) is 0 Å². The Morgan fingerprint density at radius 3 is 2.79 bits per heavy atom. The van der Waals surface area contributed by atoms with Gasteiger partial charge < -0.3 is 16.0 Å². The number of nitrogens with one attached hydrogen (secondary N) is 3. The first-order valence-electron chi connectivity index (χ1n) is 6.97. The molecule has 0 radical (unpaired) electrons. The Balaban J connectivity index is 2.39. The molecule has 0 spiro atoms. The van der Waals surface area contributed by atoms with Crippen LogP contribution in [0.1, 0.15) is 20.3 Å². The van der Waals surface area contributed by atoms with Gasteiger partial charge in [0.25, 0.3) is 0 Å². The van der Waals surface area contributed by atoms with Gasteiger partial charge in [0.15, 0.2) is 0 Å². The summed E-state index contributed by atoms with van der Waals surface area (Å²) in [5.74, 6) is 0.539. The zero-order chi connectivity index (χ0) is 14.3. The number of carbonyl (C=O) groups is 2. The average Bonchev–Trinajstić information content (AvgIpc) is 2.38. The molecule has 110 valence electrons. The van der Waals surface area contributed by atoms with Crippen LogP contribution in [0.25, 0.3) is 0 Å². The number of likely N-dealkylation sites (N-methyl/N-ethyl adjacent to an activating group) is 1. The van der Waals surface area contributed by atoms with E-state index in [1.165, 1.54) is 0 Å². The summed E-state index contributed by atoms with van der Waals surface area (Å²) in [4.78, 5) is 25.5. The van der Waals surface area contributed by atoms with Crippen molar-refractivity contribution in [3.63, 3.8) is 0 Å². The number of nitrogens with zero attached hydrogens (tertiary/aromatic N) is 1. The van der Waals surface area contributed by atoms with Crippen molar-refractivity contribution in [3.05, 3.63) is 0 Å². The van der Waals surface area contributed by atoms with Gasteiger partial charge in [0.2, 0.25) is 11.8 Å². The highest BCUT2D eigenvalue weighted by molar-refractivity contribution is 5.83.